The third kappa shape index (κ3) is 3.46. The van der Waals surface area contributed by atoms with Crippen LogP contribution in [0.4, 0.5) is 5.69 Å². The molecule has 0 saturated carbocycles. The maximum atomic E-state index is 5.99. The summed E-state index contributed by atoms with van der Waals surface area (Å²) in [5, 5.41) is 0. The van der Waals surface area contributed by atoms with Crippen molar-refractivity contribution in [3.05, 3.63) is 82.6 Å². The van der Waals surface area contributed by atoms with Gasteiger partial charge in [0, 0.05) is 13.1 Å². The molecule has 2 heterocycles. The number of nitrogens with zero attached hydrogens (tertiary/aromatic N) is 2. The lowest BCUT2D eigenvalue weighted by atomic mass is 10.1. The molecule has 1 aliphatic rings. The second-order valence-electron chi connectivity index (χ2n) is 7.72. The minimum atomic E-state index is 0.815. The third-order valence-electron chi connectivity index (χ3n) is 5.66. The van der Waals surface area contributed by atoms with E-state index in [1.165, 1.54) is 22.3 Å². The average molecular weight is 388 g/mol. The summed E-state index contributed by atoms with van der Waals surface area (Å²) in [5.41, 5.74) is 8.12. The molecule has 0 fully saturated rings. The van der Waals surface area contributed by atoms with Gasteiger partial charge in [-0.25, -0.2) is 0 Å². The topological polar surface area (TPSA) is 29.5 Å². The summed E-state index contributed by atoms with van der Waals surface area (Å²) in [7, 11) is 4.04. The number of aryl methyl sites for hydroxylation is 5. The second kappa shape index (κ2) is 7.28. The van der Waals surface area contributed by atoms with Crippen LogP contribution in [0.1, 0.15) is 28.1 Å². The molecule has 4 heteroatoms. The van der Waals surface area contributed by atoms with Gasteiger partial charge in [-0.05, 0) is 74.2 Å². The summed E-state index contributed by atoms with van der Waals surface area (Å²) < 4.78 is 14.0. The fourth-order valence-electron chi connectivity index (χ4n) is 3.47. The van der Waals surface area contributed by atoms with E-state index in [1.807, 2.05) is 44.5 Å². The van der Waals surface area contributed by atoms with E-state index in [-0.39, 0.29) is 0 Å². The van der Waals surface area contributed by atoms with Crippen LogP contribution in [0.2, 0.25) is 0 Å². The number of fused-ring (bicyclic) bond motifs is 2. The van der Waals surface area contributed by atoms with E-state index < -0.39 is 0 Å². The van der Waals surface area contributed by atoms with E-state index >= 15 is 0 Å². The number of rotatable bonds is 3. The molecule has 0 atom stereocenters. The Morgan fingerprint density at radius 2 is 1.55 bits per heavy atom. The standard InChI is InChI=1S/C25H27N2O2/c1-16-12-20-22(14-18(16)3)28-24(26(20)5)10-8-7-9-11-25-27(6)21-13-17(2)19(4)15-23(21)29-25/h7-15H,1-6H3/q+1. The van der Waals surface area contributed by atoms with Gasteiger partial charge in [-0.2, -0.15) is 4.57 Å². The van der Waals surface area contributed by atoms with Crippen LogP contribution in [-0.2, 0) is 7.05 Å². The summed E-state index contributed by atoms with van der Waals surface area (Å²) in [4.78, 5) is 2.07. The van der Waals surface area contributed by atoms with Gasteiger partial charge in [0.25, 0.3) is 5.52 Å². The van der Waals surface area contributed by atoms with Crippen LogP contribution >= 0.6 is 0 Å². The van der Waals surface area contributed by atoms with Gasteiger partial charge in [0.15, 0.2) is 11.6 Å². The Balaban J connectivity index is 1.50. The van der Waals surface area contributed by atoms with Crippen molar-refractivity contribution in [2.45, 2.75) is 27.7 Å². The summed E-state index contributed by atoms with van der Waals surface area (Å²) in [6.07, 6.45) is 9.88. The number of anilines is 1. The van der Waals surface area contributed by atoms with Gasteiger partial charge in [0.05, 0.1) is 11.8 Å². The normalized spacial score (nSPS) is 15.2. The first-order valence-electron chi connectivity index (χ1n) is 9.83. The van der Waals surface area contributed by atoms with Crippen molar-refractivity contribution >= 4 is 22.9 Å². The SMILES string of the molecule is Cc1cc2c(cc1C)N(C)C(=CC=CC=Cc1oc3cc(C)c(C)cc3[n+]1C)O2. The van der Waals surface area contributed by atoms with Gasteiger partial charge >= 0.3 is 5.89 Å². The molecule has 4 rings (SSSR count). The van der Waals surface area contributed by atoms with Crippen molar-refractivity contribution in [3.8, 4) is 5.75 Å². The van der Waals surface area contributed by atoms with Crippen molar-refractivity contribution < 1.29 is 13.7 Å². The van der Waals surface area contributed by atoms with Crippen molar-refractivity contribution in [2.75, 3.05) is 11.9 Å². The van der Waals surface area contributed by atoms with Crippen LogP contribution in [0.15, 0.2) is 58.9 Å². The van der Waals surface area contributed by atoms with Gasteiger partial charge in [-0.15, -0.1) is 0 Å². The number of allylic oxidation sites excluding steroid dienone is 4. The molecule has 148 valence electrons. The third-order valence-corrected chi connectivity index (χ3v) is 5.66. The van der Waals surface area contributed by atoms with Crippen LogP contribution in [0.5, 0.6) is 5.75 Å². The maximum Gasteiger partial charge on any atom is 0.373 e. The van der Waals surface area contributed by atoms with Gasteiger partial charge in [0.2, 0.25) is 5.58 Å². The molecule has 0 N–H and O–H groups in total. The Kier molecular flexibility index (Phi) is 4.79. The molecule has 0 bridgehead atoms. The van der Waals surface area contributed by atoms with Crippen molar-refractivity contribution in [1.82, 2.24) is 0 Å². The van der Waals surface area contributed by atoms with Crippen LogP contribution in [0, 0.1) is 27.7 Å². The summed E-state index contributed by atoms with van der Waals surface area (Å²) >= 11 is 0. The van der Waals surface area contributed by atoms with E-state index in [0.29, 0.717) is 0 Å². The molecule has 0 unspecified atom stereocenters. The first-order chi connectivity index (χ1) is 13.8. The summed E-state index contributed by atoms with van der Waals surface area (Å²) in [6.45, 7) is 8.45. The first-order valence-corrected chi connectivity index (χ1v) is 9.83. The second-order valence-corrected chi connectivity index (χ2v) is 7.72. The van der Waals surface area contributed by atoms with Gasteiger partial charge in [0.1, 0.15) is 7.05 Å². The largest absolute Gasteiger partial charge is 0.439 e. The molecule has 0 radical (unpaired) electrons. The zero-order valence-electron chi connectivity index (χ0n) is 17.9. The van der Waals surface area contributed by atoms with E-state index in [9.17, 15) is 0 Å². The van der Waals surface area contributed by atoms with E-state index in [4.69, 9.17) is 9.15 Å². The molecular formula is C25H27N2O2+. The Bertz CT molecular complexity index is 1200. The molecule has 4 nitrogen and oxygen atoms in total. The number of hydrogen-bond donors (Lipinski definition) is 0. The lowest BCUT2D eigenvalue weighted by Gasteiger charge is -2.10. The predicted octanol–water partition coefficient (Wildman–Crippen LogP) is 5.43. The molecule has 1 aromatic heterocycles. The highest BCUT2D eigenvalue weighted by atomic mass is 16.5. The summed E-state index contributed by atoms with van der Waals surface area (Å²) in [6, 6.07) is 8.52. The average Bonchev–Trinajstić information content (AvgIpc) is 3.14. The van der Waals surface area contributed by atoms with Crippen LogP contribution in [0.3, 0.4) is 0 Å². The molecule has 3 aromatic rings. The highest BCUT2D eigenvalue weighted by Crippen LogP contribution is 2.39. The molecule has 2 aromatic carbocycles. The Morgan fingerprint density at radius 1 is 0.862 bits per heavy atom. The maximum absolute atomic E-state index is 5.99. The number of oxazole rings is 1. The monoisotopic (exact) mass is 387 g/mol. The lowest BCUT2D eigenvalue weighted by molar-refractivity contribution is -0.652. The molecule has 1 aliphatic heterocycles. The smallest absolute Gasteiger partial charge is 0.373 e. The molecular weight excluding hydrogens is 360 g/mol. The van der Waals surface area contributed by atoms with E-state index in [2.05, 4.69) is 61.4 Å². The molecule has 0 spiro atoms. The van der Waals surface area contributed by atoms with Gasteiger partial charge in [-0.1, -0.05) is 18.2 Å². The van der Waals surface area contributed by atoms with Gasteiger partial charge < -0.3 is 14.1 Å². The molecule has 0 amide bonds. The highest BCUT2D eigenvalue weighted by molar-refractivity contribution is 5.72. The summed E-state index contributed by atoms with van der Waals surface area (Å²) in [5.74, 6) is 2.54. The number of benzene rings is 2. The zero-order chi connectivity index (χ0) is 20.7. The first kappa shape index (κ1) is 19.1. The molecule has 0 aliphatic carbocycles. The quantitative estimate of drug-likeness (QED) is 0.443. The van der Waals surface area contributed by atoms with Gasteiger partial charge in [-0.3, -0.25) is 0 Å². The zero-order valence-corrected chi connectivity index (χ0v) is 17.9. The number of aromatic nitrogens is 1. The van der Waals surface area contributed by atoms with Crippen molar-refractivity contribution in [2.24, 2.45) is 7.05 Å². The lowest BCUT2D eigenvalue weighted by Crippen LogP contribution is -2.29. The highest BCUT2D eigenvalue weighted by Gasteiger charge is 2.23. The predicted molar refractivity (Wildman–Crippen MR) is 118 cm³/mol. The number of ether oxygens (including phenoxy) is 1. The minimum absolute atomic E-state index is 0.815. The Labute approximate surface area is 172 Å². The van der Waals surface area contributed by atoms with Crippen LogP contribution < -0.4 is 14.2 Å². The van der Waals surface area contributed by atoms with Crippen molar-refractivity contribution in [3.63, 3.8) is 0 Å². The van der Waals surface area contributed by atoms with Crippen LogP contribution in [-0.4, -0.2) is 7.05 Å². The molecule has 29 heavy (non-hydrogen) atoms. The van der Waals surface area contributed by atoms with E-state index in [0.717, 1.165) is 34.3 Å². The fraction of sp³-hybridized carbons (Fsp3) is 0.240. The Morgan fingerprint density at radius 3 is 2.34 bits per heavy atom. The molecule has 0 saturated heterocycles. The number of hydrogen-bond acceptors (Lipinski definition) is 3. The minimum Gasteiger partial charge on any atom is -0.439 e. The Hall–Kier alpha value is -3.27. The fourth-order valence-corrected chi connectivity index (χ4v) is 3.47. The van der Waals surface area contributed by atoms with E-state index in [1.54, 1.807) is 0 Å². The van der Waals surface area contributed by atoms with Crippen LogP contribution in [0.25, 0.3) is 17.2 Å². The van der Waals surface area contributed by atoms with Crippen molar-refractivity contribution in [1.29, 1.82) is 0 Å².